The van der Waals surface area contributed by atoms with Gasteiger partial charge in [0.15, 0.2) is 5.79 Å². The van der Waals surface area contributed by atoms with Gasteiger partial charge in [0.2, 0.25) is 0 Å². The highest BCUT2D eigenvalue weighted by atomic mass is 16.6. The van der Waals surface area contributed by atoms with Crippen molar-refractivity contribution in [1.29, 1.82) is 0 Å². The standard InChI is InChI=1S/C10H22O3/c1-3-4-5-6-7-8-13-10(2,12)9-11/h11-12H,3-9H2,1-2H3. The highest BCUT2D eigenvalue weighted by Crippen LogP contribution is 2.07. The van der Waals surface area contributed by atoms with Crippen LogP contribution in [0.3, 0.4) is 0 Å². The minimum Gasteiger partial charge on any atom is -0.391 e. The summed E-state index contributed by atoms with van der Waals surface area (Å²) in [6.07, 6.45) is 5.80. The van der Waals surface area contributed by atoms with Gasteiger partial charge >= 0.3 is 0 Å². The zero-order chi connectivity index (χ0) is 10.2. The molecular formula is C10H22O3. The van der Waals surface area contributed by atoms with Gasteiger partial charge in [-0.15, -0.1) is 0 Å². The molecule has 0 aromatic rings. The van der Waals surface area contributed by atoms with E-state index in [4.69, 9.17) is 9.84 Å². The van der Waals surface area contributed by atoms with E-state index >= 15 is 0 Å². The van der Waals surface area contributed by atoms with E-state index in [9.17, 15) is 5.11 Å². The molecule has 13 heavy (non-hydrogen) atoms. The summed E-state index contributed by atoms with van der Waals surface area (Å²) in [6.45, 7) is 3.82. The third kappa shape index (κ3) is 8.22. The molecule has 0 heterocycles. The maximum atomic E-state index is 9.25. The fraction of sp³-hybridized carbons (Fsp3) is 1.00. The molecule has 1 atom stereocenters. The van der Waals surface area contributed by atoms with E-state index < -0.39 is 5.79 Å². The number of aliphatic hydroxyl groups is 2. The molecule has 80 valence electrons. The fourth-order valence-corrected chi connectivity index (χ4v) is 1.04. The van der Waals surface area contributed by atoms with Gasteiger partial charge in [0, 0.05) is 0 Å². The van der Waals surface area contributed by atoms with Crippen LogP contribution in [0.15, 0.2) is 0 Å². The Morgan fingerprint density at radius 2 is 1.77 bits per heavy atom. The molecule has 0 rings (SSSR count). The van der Waals surface area contributed by atoms with Gasteiger partial charge in [0.25, 0.3) is 0 Å². The molecule has 0 fully saturated rings. The first-order valence-electron chi connectivity index (χ1n) is 5.09. The zero-order valence-electron chi connectivity index (χ0n) is 8.75. The van der Waals surface area contributed by atoms with Gasteiger partial charge in [-0.2, -0.15) is 0 Å². The summed E-state index contributed by atoms with van der Waals surface area (Å²) in [6, 6.07) is 0. The molecular weight excluding hydrogens is 168 g/mol. The van der Waals surface area contributed by atoms with Crippen molar-refractivity contribution >= 4 is 0 Å². The molecule has 0 spiro atoms. The zero-order valence-corrected chi connectivity index (χ0v) is 8.75. The molecule has 3 nitrogen and oxygen atoms in total. The summed E-state index contributed by atoms with van der Waals surface area (Å²) in [5.74, 6) is -1.36. The summed E-state index contributed by atoms with van der Waals surface area (Å²) < 4.78 is 5.06. The summed E-state index contributed by atoms with van der Waals surface area (Å²) in [7, 11) is 0. The Morgan fingerprint density at radius 3 is 2.31 bits per heavy atom. The molecule has 0 bridgehead atoms. The summed E-state index contributed by atoms with van der Waals surface area (Å²) in [4.78, 5) is 0. The molecule has 0 aliphatic rings. The highest BCUT2D eigenvalue weighted by molar-refractivity contribution is 4.55. The first kappa shape index (κ1) is 12.9. The van der Waals surface area contributed by atoms with Gasteiger partial charge in [0.1, 0.15) is 0 Å². The second-order valence-electron chi connectivity index (χ2n) is 3.60. The number of hydrogen-bond donors (Lipinski definition) is 2. The maximum absolute atomic E-state index is 9.25. The average Bonchev–Trinajstić information content (AvgIpc) is 2.11. The van der Waals surface area contributed by atoms with Crippen molar-refractivity contribution in [2.24, 2.45) is 0 Å². The van der Waals surface area contributed by atoms with E-state index in [1.54, 1.807) is 0 Å². The fourth-order valence-electron chi connectivity index (χ4n) is 1.04. The Morgan fingerprint density at radius 1 is 1.15 bits per heavy atom. The van der Waals surface area contributed by atoms with Gasteiger partial charge < -0.3 is 14.9 Å². The highest BCUT2D eigenvalue weighted by Gasteiger charge is 2.18. The average molecular weight is 190 g/mol. The minimum absolute atomic E-state index is 0.345. The van der Waals surface area contributed by atoms with Crippen molar-refractivity contribution in [3.05, 3.63) is 0 Å². The quantitative estimate of drug-likeness (QED) is 0.452. The van der Waals surface area contributed by atoms with Crippen LogP contribution in [0.1, 0.15) is 46.0 Å². The monoisotopic (exact) mass is 190 g/mol. The van der Waals surface area contributed by atoms with Crippen molar-refractivity contribution in [1.82, 2.24) is 0 Å². The maximum Gasteiger partial charge on any atom is 0.186 e. The van der Waals surface area contributed by atoms with E-state index in [2.05, 4.69) is 6.92 Å². The normalized spacial score (nSPS) is 15.7. The third-order valence-electron chi connectivity index (χ3n) is 1.95. The predicted octanol–water partition coefficient (Wildman–Crippen LogP) is 1.67. The molecule has 0 radical (unpaired) electrons. The first-order valence-corrected chi connectivity index (χ1v) is 5.09. The molecule has 0 amide bonds. The lowest BCUT2D eigenvalue weighted by atomic mass is 10.2. The Kier molecular flexibility index (Phi) is 7.23. The topological polar surface area (TPSA) is 49.7 Å². The number of unbranched alkanes of at least 4 members (excludes halogenated alkanes) is 4. The largest absolute Gasteiger partial charge is 0.391 e. The lowest BCUT2D eigenvalue weighted by Crippen LogP contribution is -2.32. The molecule has 0 saturated heterocycles. The van der Waals surface area contributed by atoms with Crippen molar-refractivity contribution in [3.8, 4) is 0 Å². The lowest BCUT2D eigenvalue weighted by Gasteiger charge is -2.20. The van der Waals surface area contributed by atoms with E-state index in [0.717, 1.165) is 12.8 Å². The molecule has 0 aromatic carbocycles. The van der Waals surface area contributed by atoms with Gasteiger partial charge in [0.05, 0.1) is 13.2 Å². The molecule has 3 heteroatoms. The molecule has 0 aromatic heterocycles. The second kappa shape index (κ2) is 7.30. The number of ether oxygens (including phenoxy) is 1. The summed E-state index contributed by atoms with van der Waals surface area (Å²) in [5, 5.41) is 17.9. The molecule has 2 N–H and O–H groups in total. The Labute approximate surface area is 80.7 Å². The van der Waals surface area contributed by atoms with Crippen molar-refractivity contribution in [2.45, 2.75) is 51.7 Å². The first-order chi connectivity index (χ1) is 6.12. The number of aliphatic hydroxyl groups excluding tert-OH is 1. The Hall–Kier alpha value is -0.120. The number of rotatable bonds is 8. The van der Waals surface area contributed by atoms with Gasteiger partial charge in [-0.3, -0.25) is 0 Å². The smallest absolute Gasteiger partial charge is 0.186 e. The van der Waals surface area contributed by atoms with Crippen LogP contribution >= 0.6 is 0 Å². The molecule has 0 aliphatic carbocycles. The van der Waals surface area contributed by atoms with Crippen LogP contribution in [-0.4, -0.2) is 29.2 Å². The third-order valence-corrected chi connectivity index (χ3v) is 1.95. The van der Waals surface area contributed by atoms with Crippen LogP contribution < -0.4 is 0 Å². The van der Waals surface area contributed by atoms with Crippen LogP contribution in [0.4, 0.5) is 0 Å². The molecule has 0 aliphatic heterocycles. The molecule has 0 saturated carbocycles. The number of hydrogen-bond acceptors (Lipinski definition) is 3. The Balaban J connectivity index is 3.16. The summed E-state index contributed by atoms with van der Waals surface area (Å²) in [5.41, 5.74) is 0. The molecule has 1 unspecified atom stereocenters. The lowest BCUT2D eigenvalue weighted by molar-refractivity contribution is -0.211. The van der Waals surface area contributed by atoms with E-state index in [0.29, 0.717) is 6.61 Å². The van der Waals surface area contributed by atoms with Gasteiger partial charge in [-0.05, 0) is 13.3 Å². The Bertz CT molecular complexity index is 113. The van der Waals surface area contributed by atoms with Crippen molar-refractivity contribution < 1.29 is 14.9 Å². The van der Waals surface area contributed by atoms with Crippen LogP contribution in [0.2, 0.25) is 0 Å². The van der Waals surface area contributed by atoms with Crippen molar-refractivity contribution in [3.63, 3.8) is 0 Å². The summed E-state index contributed by atoms with van der Waals surface area (Å²) >= 11 is 0. The minimum atomic E-state index is -1.36. The van der Waals surface area contributed by atoms with Gasteiger partial charge in [-0.1, -0.05) is 32.6 Å². The SMILES string of the molecule is CCCCCCCOC(C)(O)CO. The van der Waals surface area contributed by atoms with E-state index in [-0.39, 0.29) is 6.61 Å². The van der Waals surface area contributed by atoms with Crippen LogP contribution in [0, 0.1) is 0 Å². The van der Waals surface area contributed by atoms with E-state index in [1.807, 2.05) is 0 Å². The predicted molar refractivity (Wildman–Crippen MR) is 52.4 cm³/mol. The van der Waals surface area contributed by atoms with Crippen LogP contribution in [-0.2, 0) is 4.74 Å². The second-order valence-corrected chi connectivity index (χ2v) is 3.60. The van der Waals surface area contributed by atoms with Crippen LogP contribution in [0.25, 0.3) is 0 Å². The van der Waals surface area contributed by atoms with E-state index in [1.165, 1.54) is 26.2 Å². The van der Waals surface area contributed by atoms with Crippen LogP contribution in [0.5, 0.6) is 0 Å². The van der Waals surface area contributed by atoms with Crippen molar-refractivity contribution in [2.75, 3.05) is 13.2 Å². The van der Waals surface area contributed by atoms with Gasteiger partial charge in [-0.25, -0.2) is 0 Å².